The Kier molecular flexibility index (Phi) is 5.70. The lowest BCUT2D eigenvalue weighted by atomic mass is 10.2. The van der Waals surface area contributed by atoms with Gasteiger partial charge in [0.05, 0.1) is 0 Å². The fraction of sp³-hybridized carbons (Fsp3) is 0.385. The van der Waals surface area contributed by atoms with Crippen molar-refractivity contribution in [2.24, 2.45) is 5.10 Å². The lowest BCUT2D eigenvalue weighted by Crippen LogP contribution is -2.18. The van der Waals surface area contributed by atoms with Gasteiger partial charge in [-0.3, -0.25) is 4.79 Å². The maximum absolute atomic E-state index is 11.7. The first-order chi connectivity index (χ1) is 8.13. The zero-order chi connectivity index (χ0) is 12.7. The smallest absolute Gasteiger partial charge is 0.267 e. The third kappa shape index (κ3) is 5.00. The van der Waals surface area contributed by atoms with Crippen molar-refractivity contribution in [3.63, 3.8) is 0 Å². The summed E-state index contributed by atoms with van der Waals surface area (Å²) < 4.78 is 0. The van der Waals surface area contributed by atoms with Crippen molar-refractivity contribution in [1.82, 2.24) is 5.43 Å². The molecule has 0 aliphatic carbocycles. The van der Waals surface area contributed by atoms with Crippen LogP contribution in [0.25, 0.3) is 0 Å². The van der Waals surface area contributed by atoms with Crippen molar-refractivity contribution in [2.45, 2.75) is 33.1 Å². The van der Waals surface area contributed by atoms with E-state index in [4.69, 9.17) is 11.6 Å². The van der Waals surface area contributed by atoms with E-state index in [9.17, 15) is 4.79 Å². The minimum Gasteiger partial charge on any atom is -0.267 e. The Bertz CT molecular complexity index is 398. The average molecular weight is 253 g/mol. The highest BCUT2D eigenvalue weighted by Gasteiger charge is 2.03. The highest BCUT2D eigenvalue weighted by molar-refractivity contribution is 6.30. The van der Waals surface area contributed by atoms with Crippen LogP contribution in [0.15, 0.2) is 29.4 Å². The van der Waals surface area contributed by atoms with Gasteiger partial charge in [0.25, 0.3) is 5.91 Å². The largest absolute Gasteiger partial charge is 0.271 e. The minimum absolute atomic E-state index is 0.211. The maximum atomic E-state index is 11.7. The predicted molar refractivity (Wildman–Crippen MR) is 71.6 cm³/mol. The number of nitrogens with one attached hydrogen (secondary N) is 1. The van der Waals surface area contributed by atoms with Gasteiger partial charge in [-0.2, -0.15) is 5.10 Å². The first-order valence-electron chi connectivity index (χ1n) is 5.72. The molecule has 0 saturated heterocycles. The number of carbonyl (C=O) groups excluding carboxylic acids is 1. The standard InChI is InChI=1S/C13H17ClN2O/c1-3-4-5-10(2)15-16-13(17)11-6-8-12(14)9-7-11/h6-9H,3-5H2,1-2H3,(H,16,17)/b15-10-. The van der Waals surface area contributed by atoms with Gasteiger partial charge in [-0.1, -0.05) is 24.9 Å². The van der Waals surface area contributed by atoms with E-state index in [2.05, 4.69) is 17.5 Å². The number of rotatable bonds is 5. The first-order valence-corrected chi connectivity index (χ1v) is 6.10. The van der Waals surface area contributed by atoms with Crippen molar-refractivity contribution in [3.05, 3.63) is 34.9 Å². The van der Waals surface area contributed by atoms with Crippen molar-refractivity contribution in [3.8, 4) is 0 Å². The molecule has 0 fully saturated rings. The highest BCUT2D eigenvalue weighted by Crippen LogP contribution is 2.09. The topological polar surface area (TPSA) is 41.5 Å². The molecule has 17 heavy (non-hydrogen) atoms. The Morgan fingerprint density at radius 1 is 1.35 bits per heavy atom. The fourth-order valence-corrected chi connectivity index (χ4v) is 1.43. The Morgan fingerprint density at radius 2 is 2.00 bits per heavy atom. The summed E-state index contributed by atoms with van der Waals surface area (Å²) in [6.07, 6.45) is 3.13. The van der Waals surface area contributed by atoms with Gasteiger partial charge in [0.1, 0.15) is 0 Å². The molecule has 1 N–H and O–H groups in total. The Labute approximate surface area is 107 Å². The van der Waals surface area contributed by atoms with E-state index in [1.807, 2.05) is 6.92 Å². The van der Waals surface area contributed by atoms with Crippen LogP contribution in [-0.4, -0.2) is 11.6 Å². The summed E-state index contributed by atoms with van der Waals surface area (Å²) in [6, 6.07) is 6.72. The van der Waals surface area contributed by atoms with Gasteiger partial charge >= 0.3 is 0 Å². The van der Waals surface area contributed by atoms with Crippen LogP contribution in [0.4, 0.5) is 0 Å². The van der Waals surface area contributed by atoms with Gasteiger partial charge < -0.3 is 0 Å². The molecule has 0 spiro atoms. The molecule has 0 unspecified atom stereocenters. The number of halogens is 1. The number of hydrogen-bond acceptors (Lipinski definition) is 2. The van der Waals surface area contributed by atoms with Crippen LogP contribution in [0.1, 0.15) is 43.5 Å². The van der Waals surface area contributed by atoms with Crippen LogP contribution in [0.3, 0.4) is 0 Å². The monoisotopic (exact) mass is 252 g/mol. The normalized spacial score (nSPS) is 11.4. The molecule has 0 aliphatic heterocycles. The summed E-state index contributed by atoms with van der Waals surface area (Å²) in [5.74, 6) is -0.211. The van der Waals surface area contributed by atoms with E-state index in [-0.39, 0.29) is 5.91 Å². The van der Waals surface area contributed by atoms with Gasteiger partial charge in [0.2, 0.25) is 0 Å². The molecule has 92 valence electrons. The minimum atomic E-state index is -0.211. The third-order valence-electron chi connectivity index (χ3n) is 2.35. The van der Waals surface area contributed by atoms with E-state index in [1.165, 1.54) is 0 Å². The molecule has 1 amide bonds. The van der Waals surface area contributed by atoms with Crippen molar-refractivity contribution >= 4 is 23.2 Å². The first kappa shape index (κ1) is 13.7. The second kappa shape index (κ2) is 7.07. The highest BCUT2D eigenvalue weighted by atomic mass is 35.5. The van der Waals surface area contributed by atoms with Gasteiger partial charge in [-0.15, -0.1) is 0 Å². The van der Waals surface area contributed by atoms with Crippen molar-refractivity contribution in [1.29, 1.82) is 0 Å². The van der Waals surface area contributed by atoms with Gasteiger partial charge in [-0.05, 0) is 44.0 Å². The van der Waals surface area contributed by atoms with Crippen LogP contribution in [0, 0.1) is 0 Å². The number of benzene rings is 1. The summed E-state index contributed by atoms with van der Waals surface area (Å²) >= 11 is 5.74. The predicted octanol–water partition coefficient (Wildman–Crippen LogP) is 3.64. The Balaban J connectivity index is 2.52. The molecular formula is C13H17ClN2O. The van der Waals surface area contributed by atoms with Crippen LogP contribution in [-0.2, 0) is 0 Å². The summed E-state index contributed by atoms with van der Waals surface area (Å²) in [4.78, 5) is 11.7. The summed E-state index contributed by atoms with van der Waals surface area (Å²) in [5.41, 5.74) is 4.03. The molecule has 0 aliphatic rings. The number of nitrogens with zero attached hydrogens (tertiary/aromatic N) is 1. The van der Waals surface area contributed by atoms with Crippen LogP contribution < -0.4 is 5.43 Å². The second-order valence-electron chi connectivity index (χ2n) is 3.90. The van der Waals surface area contributed by atoms with Crippen LogP contribution in [0.5, 0.6) is 0 Å². The third-order valence-corrected chi connectivity index (χ3v) is 2.60. The molecule has 0 atom stereocenters. The number of carbonyl (C=O) groups is 1. The Morgan fingerprint density at radius 3 is 2.59 bits per heavy atom. The Hall–Kier alpha value is -1.35. The van der Waals surface area contributed by atoms with Gasteiger partial charge in [-0.25, -0.2) is 5.43 Å². The number of hydrazone groups is 1. The number of unbranched alkanes of at least 4 members (excludes halogenated alkanes) is 1. The molecule has 0 aromatic heterocycles. The molecule has 3 nitrogen and oxygen atoms in total. The fourth-order valence-electron chi connectivity index (χ4n) is 1.30. The summed E-state index contributed by atoms with van der Waals surface area (Å²) in [5, 5.41) is 4.66. The van der Waals surface area contributed by atoms with E-state index in [0.29, 0.717) is 10.6 Å². The van der Waals surface area contributed by atoms with E-state index >= 15 is 0 Å². The second-order valence-corrected chi connectivity index (χ2v) is 4.33. The SMILES string of the molecule is CCCC/C(C)=N\NC(=O)c1ccc(Cl)cc1. The lowest BCUT2D eigenvalue weighted by molar-refractivity contribution is 0.0954. The molecule has 4 heteroatoms. The number of hydrogen-bond donors (Lipinski definition) is 1. The molecule has 0 bridgehead atoms. The molecular weight excluding hydrogens is 236 g/mol. The maximum Gasteiger partial charge on any atom is 0.271 e. The number of amides is 1. The quantitative estimate of drug-likeness (QED) is 0.631. The van der Waals surface area contributed by atoms with Gasteiger partial charge in [0.15, 0.2) is 0 Å². The van der Waals surface area contributed by atoms with Crippen molar-refractivity contribution < 1.29 is 4.79 Å². The van der Waals surface area contributed by atoms with Crippen LogP contribution in [0.2, 0.25) is 5.02 Å². The zero-order valence-electron chi connectivity index (χ0n) is 10.2. The van der Waals surface area contributed by atoms with E-state index in [1.54, 1.807) is 24.3 Å². The summed E-state index contributed by atoms with van der Waals surface area (Å²) in [6.45, 7) is 4.04. The average Bonchev–Trinajstić information content (AvgIpc) is 2.34. The lowest BCUT2D eigenvalue weighted by Gasteiger charge is -2.02. The molecule has 1 aromatic rings. The molecule has 0 heterocycles. The van der Waals surface area contributed by atoms with Crippen molar-refractivity contribution in [2.75, 3.05) is 0 Å². The van der Waals surface area contributed by atoms with Crippen LogP contribution >= 0.6 is 11.6 Å². The zero-order valence-corrected chi connectivity index (χ0v) is 10.9. The van der Waals surface area contributed by atoms with E-state index in [0.717, 1.165) is 25.0 Å². The molecule has 1 rings (SSSR count). The summed E-state index contributed by atoms with van der Waals surface area (Å²) in [7, 11) is 0. The van der Waals surface area contributed by atoms with Gasteiger partial charge in [0, 0.05) is 16.3 Å². The van der Waals surface area contributed by atoms with E-state index < -0.39 is 0 Å². The molecule has 1 aromatic carbocycles. The molecule has 0 saturated carbocycles. The molecule has 0 radical (unpaired) electrons.